The van der Waals surface area contributed by atoms with Gasteiger partial charge >= 0.3 is 6.18 Å². The number of nitrogens with zero attached hydrogens (tertiary/aromatic N) is 6. The Morgan fingerprint density at radius 2 is 2.04 bits per heavy atom. The smallest absolute Gasteiger partial charge is 0.378 e. The first-order chi connectivity index (χ1) is 13.4. The molecule has 0 saturated heterocycles. The molecule has 0 fully saturated rings. The maximum Gasteiger partial charge on any atom is 0.416 e. The number of anilines is 2. The Morgan fingerprint density at radius 1 is 1.18 bits per heavy atom. The number of fused-ring (bicyclic) bond motifs is 1. The lowest BCUT2D eigenvalue weighted by Gasteiger charge is -2.09. The molecule has 0 unspecified atom stereocenters. The number of benzene rings is 1. The van der Waals surface area contributed by atoms with Gasteiger partial charge in [0.05, 0.1) is 41.6 Å². The van der Waals surface area contributed by atoms with Gasteiger partial charge in [0.1, 0.15) is 12.1 Å². The van der Waals surface area contributed by atoms with Crippen LogP contribution in [0.3, 0.4) is 0 Å². The van der Waals surface area contributed by atoms with Crippen LogP contribution in [0.5, 0.6) is 0 Å². The summed E-state index contributed by atoms with van der Waals surface area (Å²) in [6.45, 7) is 0.293. The van der Waals surface area contributed by atoms with Gasteiger partial charge in [-0.3, -0.25) is 0 Å². The number of aromatic nitrogens is 6. The van der Waals surface area contributed by atoms with E-state index in [1.54, 1.807) is 25.4 Å². The van der Waals surface area contributed by atoms with Crippen LogP contribution in [0.15, 0.2) is 49.1 Å². The summed E-state index contributed by atoms with van der Waals surface area (Å²) in [5.41, 5.74) is 0.765. The molecule has 0 saturated carbocycles. The second-order valence-electron chi connectivity index (χ2n) is 5.88. The molecule has 1 N–H and O–H groups in total. The summed E-state index contributed by atoms with van der Waals surface area (Å²) in [6, 6.07) is 6.68. The van der Waals surface area contributed by atoms with Crippen molar-refractivity contribution >= 4 is 17.3 Å². The van der Waals surface area contributed by atoms with Crippen LogP contribution in [-0.2, 0) is 17.5 Å². The third kappa shape index (κ3) is 3.51. The van der Waals surface area contributed by atoms with E-state index < -0.39 is 11.7 Å². The fourth-order valence-corrected chi connectivity index (χ4v) is 2.67. The number of ether oxygens (including phenoxy) is 1. The van der Waals surface area contributed by atoms with Crippen molar-refractivity contribution < 1.29 is 17.9 Å². The van der Waals surface area contributed by atoms with Crippen molar-refractivity contribution in [1.29, 1.82) is 0 Å². The van der Waals surface area contributed by atoms with Crippen LogP contribution in [0, 0.1) is 0 Å². The zero-order valence-corrected chi connectivity index (χ0v) is 14.6. The van der Waals surface area contributed by atoms with Crippen LogP contribution < -0.4 is 5.32 Å². The molecule has 0 aliphatic heterocycles. The minimum absolute atomic E-state index is 0.293. The SMILES string of the molecule is COCc1cc(Nc2cnn(-c3cccc(C(F)(F)F)c3)c2)n2ncnc2n1. The topological polar surface area (TPSA) is 82.2 Å². The Bertz CT molecular complexity index is 1120. The van der Waals surface area contributed by atoms with Gasteiger partial charge in [0.15, 0.2) is 0 Å². The zero-order valence-electron chi connectivity index (χ0n) is 14.6. The number of hydrogen-bond donors (Lipinski definition) is 1. The summed E-state index contributed by atoms with van der Waals surface area (Å²) in [5.74, 6) is 0.959. The molecule has 3 heterocycles. The van der Waals surface area contributed by atoms with E-state index in [1.165, 1.54) is 27.8 Å². The van der Waals surface area contributed by atoms with E-state index in [0.717, 1.165) is 12.1 Å². The van der Waals surface area contributed by atoms with Crippen LogP contribution in [0.2, 0.25) is 0 Å². The predicted octanol–water partition coefficient (Wildman–Crippen LogP) is 3.22. The molecule has 0 aliphatic carbocycles. The van der Waals surface area contributed by atoms with Crippen molar-refractivity contribution in [1.82, 2.24) is 29.4 Å². The number of methoxy groups -OCH3 is 1. The van der Waals surface area contributed by atoms with Gasteiger partial charge in [-0.1, -0.05) is 6.07 Å². The van der Waals surface area contributed by atoms with Gasteiger partial charge in [0.25, 0.3) is 5.78 Å². The van der Waals surface area contributed by atoms with Crippen LogP contribution >= 0.6 is 0 Å². The molecule has 3 aromatic heterocycles. The molecule has 0 spiro atoms. The molecular formula is C17H14F3N7O. The first-order valence-electron chi connectivity index (χ1n) is 8.12. The first kappa shape index (κ1) is 17.9. The third-order valence-electron chi connectivity index (χ3n) is 3.89. The number of hydrogen-bond acceptors (Lipinski definition) is 6. The highest BCUT2D eigenvalue weighted by Gasteiger charge is 2.30. The van der Waals surface area contributed by atoms with Gasteiger partial charge in [-0.2, -0.15) is 32.9 Å². The monoisotopic (exact) mass is 389 g/mol. The van der Waals surface area contributed by atoms with E-state index in [2.05, 4.69) is 25.5 Å². The van der Waals surface area contributed by atoms with Crippen molar-refractivity contribution in [2.75, 3.05) is 12.4 Å². The van der Waals surface area contributed by atoms with E-state index in [0.29, 0.717) is 35.3 Å². The second kappa shape index (κ2) is 6.93. The highest BCUT2D eigenvalue weighted by Crippen LogP contribution is 2.30. The average molecular weight is 389 g/mol. The maximum absolute atomic E-state index is 12.9. The zero-order chi connectivity index (χ0) is 19.7. The van der Waals surface area contributed by atoms with E-state index in [4.69, 9.17) is 4.74 Å². The first-order valence-corrected chi connectivity index (χ1v) is 8.12. The van der Waals surface area contributed by atoms with Gasteiger partial charge in [-0.05, 0) is 18.2 Å². The summed E-state index contributed by atoms with van der Waals surface area (Å²) >= 11 is 0. The Kier molecular flexibility index (Phi) is 4.43. The lowest BCUT2D eigenvalue weighted by molar-refractivity contribution is -0.137. The lowest BCUT2D eigenvalue weighted by Crippen LogP contribution is -2.06. The minimum Gasteiger partial charge on any atom is -0.378 e. The van der Waals surface area contributed by atoms with Gasteiger partial charge in [0.2, 0.25) is 0 Å². The largest absolute Gasteiger partial charge is 0.416 e. The summed E-state index contributed by atoms with van der Waals surface area (Å²) in [6.07, 6.45) is 0.0298. The van der Waals surface area contributed by atoms with Crippen molar-refractivity contribution in [3.05, 3.63) is 60.3 Å². The van der Waals surface area contributed by atoms with Crippen molar-refractivity contribution in [3.63, 3.8) is 0 Å². The van der Waals surface area contributed by atoms with Crippen LogP contribution in [0.25, 0.3) is 11.5 Å². The number of alkyl halides is 3. The number of rotatable bonds is 5. The van der Waals surface area contributed by atoms with Crippen molar-refractivity contribution in [3.8, 4) is 5.69 Å². The van der Waals surface area contributed by atoms with E-state index >= 15 is 0 Å². The van der Waals surface area contributed by atoms with Crippen LogP contribution in [0.4, 0.5) is 24.7 Å². The van der Waals surface area contributed by atoms with Gasteiger partial charge < -0.3 is 10.1 Å². The number of halogens is 3. The molecule has 0 radical (unpaired) electrons. The second-order valence-corrected chi connectivity index (χ2v) is 5.88. The van der Waals surface area contributed by atoms with Gasteiger partial charge in [-0.25, -0.2) is 9.67 Å². The Morgan fingerprint density at radius 3 is 2.82 bits per heavy atom. The molecule has 8 nitrogen and oxygen atoms in total. The number of nitrogens with one attached hydrogen (secondary N) is 1. The molecular weight excluding hydrogens is 375 g/mol. The highest BCUT2D eigenvalue weighted by molar-refractivity contribution is 5.58. The van der Waals surface area contributed by atoms with Crippen LogP contribution in [0.1, 0.15) is 11.3 Å². The molecule has 11 heteroatoms. The minimum atomic E-state index is -4.42. The summed E-state index contributed by atoms with van der Waals surface area (Å²) < 4.78 is 46.7. The summed E-state index contributed by atoms with van der Waals surface area (Å²) in [4.78, 5) is 8.38. The van der Waals surface area contributed by atoms with E-state index in [1.807, 2.05) is 0 Å². The van der Waals surface area contributed by atoms with E-state index in [-0.39, 0.29) is 0 Å². The standard InChI is InChI=1S/C17H14F3N7O/c1-28-9-12-6-15(27-16(25-12)21-10-23-27)24-13-7-22-26(8-13)14-4-2-3-11(5-14)17(18,19)20/h2-8,10,24H,9H2,1H3. The Hall–Kier alpha value is -3.47. The van der Waals surface area contributed by atoms with Gasteiger partial charge in [0, 0.05) is 13.2 Å². The molecule has 0 atom stereocenters. The summed E-state index contributed by atoms with van der Waals surface area (Å²) in [5, 5.41) is 11.4. The summed E-state index contributed by atoms with van der Waals surface area (Å²) in [7, 11) is 1.56. The Balaban J connectivity index is 1.64. The van der Waals surface area contributed by atoms with Crippen molar-refractivity contribution in [2.45, 2.75) is 12.8 Å². The third-order valence-corrected chi connectivity index (χ3v) is 3.89. The fourth-order valence-electron chi connectivity index (χ4n) is 2.67. The molecule has 0 amide bonds. The molecule has 0 aliphatic rings. The molecule has 0 bridgehead atoms. The predicted molar refractivity (Wildman–Crippen MR) is 93.3 cm³/mol. The lowest BCUT2D eigenvalue weighted by atomic mass is 10.2. The van der Waals surface area contributed by atoms with Crippen LogP contribution in [-0.4, -0.2) is 36.5 Å². The Labute approximate surface area is 156 Å². The molecule has 4 aromatic rings. The van der Waals surface area contributed by atoms with E-state index in [9.17, 15) is 13.2 Å². The quantitative estimate of drug-likeness (QED) is 0.564. The normalized spacial score (nSPS) is 11.9. The molecule has 144 valence electrons. The maximum atomic E-state index is 12.9. The highest BCUT2D eigenvalue weighted by atomic mass is 19.4. The molecule has 1 aromatic carbocycles. The van der Waals surface area contributed by atoms with Crippen molar-refractivity contribution in [2.24, 2.45) is 0 Å². The molecule has 28 heavy (non-hydrogen) atoms. The van der Waals surface area contributed by atoms with Gasteiger partial charge in [-0.15, -0.1) is 0 Å². The fraction of sp³-hybridized carbons (Fsp3) is 0.176. The average Bonchev–Trinajstić information content (AvgIpc) is 3.31. The molecule has 4 rings (SSSR count).